The number of aliphatic carboxylic acids is 1. The van der Waals surface area contributed by atoms with E-state index < -0.39 is 74.7 Å². The largest absolute Gasteiger partial charge is 0.477 e. The fourth-order valence-electron chi connectivity index (χ4n) is 2.52. The minimum Gasteiger partial charge on any atom is -0.477 e. The molecule has 2 rings (SSSR count). The van der Waals surface area contributed by atoms with Crippen LogP contribution in [0.2, 0.25) is 0 Å². The molecule has 1 saturated heterocycles. The van der Waals surface area contributed by atoms with E-state index in [9.17, 15) is 34.8 Å². The molecule has 0 saturated carbocycles. The van der Waals surface area contributed by atoms with Gasteiger partial charge in [0.05, 0.1) is 18.8 Å². The molecule has 1 aliphatic heterocycles. The summed E-state index contributed by atoms with van der Waals surface area (Å²) >= 11 is 0. The molecule has 6 atom stereocenters. The molecule has 1 aliphatic rings. The van der Waals surface area contributed by atoms with Crippen LogP contribution in [0.15, 0.2) is 17.1 Å². The number of nitrogens with one attached hydrogen (secondary N) is 2. The van der Waals surface area contributed by atoms with Gasteiger partial charge in [0.25, 0.3) is 5.79 Å². The van der Waals surface area contributed by atoms with Gasteiger partial charge < -0.3 is 66.1 Å². The van der Waals surface area contributed by atoms with Crippen LogP contribution in [0.25, 0.3) is 0 Å². The first-order valence-corrected chi connectivity index (χ1v) is 10.6. The Bertz CT molecular complexity index is 901. The van der Waals surface area contributed by atoms with E-state index in [0.29, 0.717) is 0 Å². The molecule has 13 N–H and O–H groups in total. The van der Waals surface area contributed by atoms with Crippen molar-refractivity contribution in [2.75, 3.05) is 12.3 Å². The fourth-order valence-corrected chi connectivity index (χ4v) is 2.52. The van der Waals surface area contributed by atoms with Crippen molar-refractivity contribution in [2.45, 2.75) is 49.6 Å². The highest BCUT2D eigenvalue weighted by atomic mass is 31.2. The summed E-state index contributed by atoms with van der Waals surface area (Å²) in [4.78, 5) is 59.6. The average molecular weight is 518 g/mol. The Balaban J connectivity index is 0.000000680. The summed E-state index contributed by atoms with van der Waals surface area (Å²) in [5.41, 5.74) is 4.72. The van der Waals surface area contributed by atoms with Crippen molar-refractivity contribution in [2.24, 2.45) is 0 Å². The van der Waals surface area contributed by atoms with Crippen LogP contribution in [0.3, 0.4) is 0 Å². The number of carbonyl (C=O) groups is 2. The topological polar surface area (TPSA) is 326 Å². The van der Waals surface area contributed by atoms with Gasteiger partial charge in [0.15, 0.2) is 0 Å². The Kier molecular flexibility index (Phi) is 12.4. The number of hydrogen-bond donors (Lipinski definition) is 12. The van der Waals surface area contributed by atoms with Gasteiger partial charge in [0.1, 0.15) is 24.1 Å². The lowest BCUT2D eigenvalue weighted by Gasteiger charge is -2.44. The molecule has 0 aromatic carbocycles. The van der Waals surface area contributed by atoms with Crippen LogP contribution in [0, 0.1) is 0 Å². The zero-order valence-electron chi connectivity index (χ0n) is 17.5. The third-order valence-corrected chi connectivity index (χ3v) is 3.90. The van der Waals surface area contributed by atoms with E-state index in [-0.39, 0.29) is 5.82 Å². The van der Waals surface area contributed by atoms with Crippen LogP contribution in [0.4, 0.5) is 5.82 Å². The number of hydrogen-bond acceptors (Lipinski definition) is 12. The lowest BCUT2D eigenvalue weighted by Crippen LogP contribution is -2.67. The van der Waals surface area contributed by atoms with Crippen LogP contribution < -0.4 is 16.7 Å². The number of aliphatic hydroxyl groups excluding tert-OH is 4. The van der Waals surface area contributed by atoms with Crippen molar-refractivity contribution in [3.8, 4) is 0 Å². The lowest BCUT2D eigenvalue weighted by atomic mass is 9.88. The van der Waals surface area contributed by atoms with Gasteiger partial charge in [-0.2, -0.15) is 4.98 Å². The maximum atomic E-state index is 11.1. The van der Waals surface area contributed by atoms with E-state index >= 15 is 0 Å². The Morgan fingerprint density at radius 2 is 1.91 bits per heavy atom. The second-order valence-corrected chi connectivity index (χ2v) is 7.77. The number of carboxylic acid groups (broad SMARTS) is 1. The SMILES string of the molecule is CC(=O)N[C@H]1[C@H]([C@H](O)[C@H](O)CO)O[C@](O)(C(=O)O)C[C@@H]1O.Nc1cc[nH]c(=O)n1.O=P(O)(O)O. The van der Waals surface area contributed by atoms with E-state index in [4.69, 9.17) is 39.9 Å². The van der Waals surface area contributed by atoms with Gasteiger partial charge in [-0.05, 0) is 6.07 Å². The number of ether oxygens (including phenoxy) is 1. The highest BCUT2D eigenvalue weighted by Gasteiger charge is 2.53. The van der Waals surface area contributed by atoms with Gasteiger partial charge in [-0.25, -0.2) is 14.2 Å². The summed E-state index contributed by atoms with van der Waals surface area (Å²) in [6, 6.07) is 0.250. The number of aliphatic hydroxyl groups is 5. The average Bonchev–Trinajstić information content (AvgIpc) is 2.67. The molecule has 18 nitrogen and oxygen atoms in total. The predicted octanol–water partition coefficient (Wildman–Crippen LogP) is -5.45. The van der Waals surface area contributed by atoms with Crippen LogP contribution in [0.5, 0.6) is 0 Å². The lowest BCUT2D eigenvalue weighted by molar-refractivity contribution is -0.295. The number of aromatic amines is 1. The molecule has 0 radical (unpaired) electrons. The van der Waals surface area contributed by atoms with E-state index in [2.05, 4.69) is 15.3 Å². The maximum absolute atomic E-state index is 11.1. The number of rotatable bonds is 5. The number of anilines is 1. The van der Waals surface area contributed by atoms with Crippen molar-refractivity contribution in [3.63, 3.8) is 0 Å². The number of carbonyl (C=O) groups excluding carboxylic acids is 1. The van der Waals surface area contributed by atoms with E-state index in [1.54, 1.807) is 0 Å². The molecule has 2 heterocycles. The summed E-state index contributed by atoms with van der Waals surface area (Å²) in [7, 11) is -4.64. The highest BCUT2D eigenvalue weighted by molar-refractivity contribution is 7.45. The van der Waals surface area contributed by atoms with E-state index in [1.807, 2.05) is 0 Å². The molecular formula is C15H27N4O14P. The molecule has 34 heavy (non-hydrogen) atoms. The number of H-pyrrole nitrogens is 1. The molecule has 0 aliphatic carbocycles. The number of nitrogens with zero attached hydrogens (tertiary/aromatic N) is 1. The summed E-state index contributed by atoms with van der Waals surface area (Å²) in [5.74, 6) is -4.93. The monoisotopic (exact) mass is 518 g/mol. The molecule has 1 aromatic heterocycles. The maximum Gasteiger partial charge on any atom is 0.466 e. The van der Waals surface area contributed by atoms with Gasteiger partial charge in [-0.15, -0.1) is 0 Å². The summed E-state index contributed by atoms with van der Waals surface area (Å²) in [6.07, 6.45) is -6.03. The van der Waals surface area contributed by atoms with Crippen molar-refractivity contribution in [1.82, 2.24) is 15.3 Å². The van der Waals surface area contributed by atoms with Crippen molar-refractivity contribution in [1.29, 1.82) is 0 Å². The summed E-state index contributed by atoms with van der Waals surface area (Å²) < 4.78 is 13.7. The van der Waals surface area contributed by atoms with Crippen molar-refractivity contribution in [3.05, 3.63) is 22.7 Å². The smallest absolute Gasteiger partial charge is 0.466 e. The van der Waals surface area contributed by atoms with Crippen LogP contribution in [-0.4, -0.2) is 110 Å². The quantitative estimate of drug-likeness (QED) is 0.162. The fraction of sp³-hybridized carbons (Fsp3) is 0.600. The van der Waals surface area contributed by atoms with Gasteiger partial charge in [-0.3, -0.25) is 4.79 Å². The first-order chi connectivity index (χ1) is 15.4. The van der Waals surface area contributed by atoms with Gasteiger partial charge in [0.2, 0.25) is 5.91 Å². The minimum atomic E-state index is -4.64. The standard InChI is InChI=1S/C11H19NO9.C4H5N3O.H3O4P/c1-4(14)12-7-5(15)2-11(20,10(18)19)21-9(7)8(17)6(16)3-13;5-3-1-2-6-4(8)7-3;1-5(2,3)4/h5-9,13,15-17,20H,2-3H2,1H3,(H,12,14)(H,18,19);1-2H,(H3,5,6,7,8);(H3,1,2,3,4)/t5-,6+,7+,8+,9+,11-;;/m0../s1. The first-order valence-electron chi connectivity index (χ1n) is 9.06. The summed E-state index contributed by atoms with van der Waals surface area (Å²) in [5, 5.41) is 59.0. The molecule has 196 valence electrons. The molecule has 19 heteroatoms. The number of amides is 1. The molecule has 0 spiro atoms. The normalized spacial score (nSPS) is 26.0. The van der Waals surface area contributed by atoms with Gasteiger partial charge in [-0.1, -0.05) is 0 Å². The number of carboxylic acids is 1. The second-order valence-electron chi connectivity index (χ2n) is 6.74. The number of phosphoric acid groups is 1. The predicted molar refractivity (Wildman–Crippen MR) is 108 cm³/mol. The molecule has 1 fully saturated rings. The number of nitrogen functional groups attached to an aromatic ring is 1. The molecule has 0 bridgehead atoms. The second kappa shape index (κ2) is 13.4. The Morgan fingerprint density at radius 1 is 1.38 bits per heavy atom. The molecule has 1 aromatic rings. The zero-order chi connectivity index (χ0) is 26.9. The Labute approximate surface area is 190 Å². The minimum absolute atomic E-state index is 0.244. The van der Waals surface area contributed by atoms with Crippen molar-refractivity contribution < 1.29 is 64.2 Å². The highest BCUT2D eigenvalue weighted by Crippen LogP contribution is 2.30. The third-order valence-electron chi connectivity index (χ3n) is 3.90. The van der Waals surface area contributed by atoms with Gasteiger partial charge >= 0.3 is 19.5 Å². The van der Waals surface area contributed by atoms with E-state index in [1.165, 1.54) is 12.3 Å². The van der Waals surface area contributed by atoms with Gasteiger partial charge in [0, 0.05) is 19.5 Å². The van der Waals surface area contributed by atoms with Crippen LogP contribution >= 0.6 is 7.82 Å². The Hall–Kier alpha value is -2.51. The third kappa shape index (κ3) is 11.6. The number of nitrogens with two attached hydrogens (primary N) is 1. The Morgan fingerprint density at radius 3 is 2.26 bits per heavy atom. The first kappa shape index (κ1) is 31.5. The molecule has 0 unspecified atom stereocenters. The van der Waals surface area contributed by atoms with Crippen LogP contribution in [0.1, 0.15) is 13.3 Å². The summed E-state index contributed by atoms with van der Waals surface area (Å²) in [6.45, 7) is 0.256. The zero-order valence-corrected chi connectivity index (χ0v) is 18.4. The van der Waals surface area contributed by atoms with Crippen LogP contribution in [-0.2, 0) is 18.9 Å². The molecule has 1 amide bonds. The van der Waals surface area contributed by atoms with Crippen molar-refractivity contribution >= 4 is 25.5 Å². The molecular weight excluding hydrogens is 491 g/mol. The van der Waals surface area contributed by atoms with E-state index in [0.717, 1.165) is 6.92 Å². The number of aromatic nitrogens is 2.